The number of rotatable bonds is 4. The Morgan fingerprint density at radius 3 is 2.68 bits per heavy atom. The van der Waals surface area contributed by atoms with Gasteiger partial charge in [-0.1, -0.05) is 24.3 Å². The summed E-state index contributed by atoms with van der Waals surface area (Å²) < 4.78 is 44.8. The lowest BCUT2D eigenvalue weighted by Gasteiger charge is -2.35. The van der Waals surface area contributed by atoms with Crippen molar-refractivity contribution in [3.8, 4) is 0 Å². The molecule has 1 atom stereocenters. The fourth-order valence-corrected chi connectivity index (χ4v) is 3.31. The topological polar surface area (TPSA) is 79.9 Å². The summed E-state index contributed by atoms with van der Waals surface area (Å²) in [7, 11) is 1.64. The molecule has 31 heavy (non-hydrogen) atoms. The zero-order valence-corrected chi connectivity index (χ0v) is 19.2. The molecule has 0 radical (unpaired) electrons. The first-order chi connectivity index (χ1) is 14.3. The molecular formula is C21H24F3IN4O2. The average molecular weight is 548 g/mol. The number of ether oxygens (including phenoxy) is 1. The van der Waals surface area contributed by atoms with Crippen molar-refractivity contribution >= 4 is 35.8 Å². The molecule has 1 aliphatic heterocycles. The maximum absolute atomic E-state index is 13.0. The molecule has 0 bridgehead atoms. The van der Waals surface area contributed by atoms with Crippen LogP contribution in [0.2, 0.25) is 0 Å². The van der Waals surface area contributed by atoms with Gasteiger partial charge in [-0.3, -0.25) is 9.79 Å². The lowest BCUT2D eigenvalue weighted by molar-refractivity contribution is -0.137. The molecule has 2 aromatic rings. The van der Waals surface area contributed by atoms with Crippen LogP contribution < -0.4 is 11.1 Å². The number of hydrogen-bond donors (Lipinski definition) is 2. The number of nitrogens with zero attached hydrogens (tertiary/aromatic N) is 2. The molecule has 3 N–H and O–H groups in total. The molecular weight excluding hydrogens is 524 g/mol. The second-order valence-corrected chi connectivity index (χ2v) is 6.89. The molecule has 0 aromatic heterocycles. The van der Waals surface area contributed by atoms with Gasteiger partial charge >= 0.3 is 6.18 Å². The number of halogens is 4. The van der Waals surface area contributed by atoms with Crippen LogP contribution in [0.25, 0.3) is 0 Å². The van der Waals surface area contributed by atoms with Gasteiger partial charge in [-0.2, -0.15) is 13.2 Å². The highest BCUT2D eigenvalue weighted by Crippen LogP contribution is 2.32. The number of nitrogens with two attached hydrogens (primary N) is 1. The fourth-order valence-electron chi connectivity index (χ4n) is 3.31. The van der Waals surface area contributed by atoms with E-state index < -0.39 is 23.8 Å². The molecule has 2 aromatic carbocycles. The normalized spacial score (nSPS) is 17.1. The van der Waals surface area contributed by atoms with E-state index in [0.29, 0.717) is 43.3 Å². The van der Waals surface area contributed by atoms with Crippen LogP contribution in [-0.2, 0) is 17.5 Å². The van der Waals surface area contributed by atoms with Crippen molar-refractivity contribution in [2.45, 2.75) is 18.8 Å². The number of carbonyl (C=O) groups excluding carboxylic acids is 1. The third-order valence-corrected chi connectivity index (χ3v) is 4.83. The summed E-state index contributed by atoms with van der Waals surface area (Å²) in [5.41, 5.74) is 6.36. The molecule has 0 saturated carbocycles. The summed E-state index contributed by atoms with van der Waals surface area (Å²) >= 11 is 0. The summed E-state index contributed by atoms with van der Waals surface area (Å²) in [6.45, 7) is 1.69. The van der Waals surface area contributed by atoms with E-state index in [0.717, 1.165) is 17.7 Å². The smallest absolute Gasteiger partial charge is 0.370 e. The number of benzene rings is 2. The Morgan fingerprint density at radius 1 is 1.26 bits per heavy atom. The first kappa shape index (κ1) is 24.9. The first-order valence-corrected chi connectivity index (χ1v) is 9.41. The van der Waals surface area contributed by atoms with E-state index in [1.54, 1.807) is 31.3 Å². The summed E-state index contributed by atoms with van der Waals surface area (Å²) in [5, 5.41) is 3.22. The highest BCUT2D eigenvalue weighted by atomic mass is 127. The monoisotopic (exact) mass is 548 g/mol. The molecule has 3 rings (SSSR count). The van der Waals surface area contributed by atoms with Gasteiger partial charge in [0.15, 0.2) is 5.96 Å². The predicted octanol–water partition coefficient (Wildman–Crippen LogP) is 3.57. The highest BCUT2D eigenvalue weighted by molar-refractivity contribution is 14.0. The molecule has 0 aliphatic carbocycles. The van der Waals surface area contributed by atoms with Crippen molar-refractivity contribution in [3.05, 3.63) is 70.8 Å². The lowest BCUT2D eigenvalue weighted by atomic mass is 10.0. The van der Waals surface area contributed by atoms with Gasteiger partial charge in [0.2, 0.25) is 5.91 Å². The zero-order valence-electron chi connectivity index (χ0n) is 16.9. The SMILES string of the molecule is CN=C(NCc1cccc(C(N)=O)c1)N1CCOC(c2cccc(C(F)(F)F)c2)C1.I. The summed E-state index contributed by atoms with van der Waals surface area (Å²) in [6.07, 6.45) is -4.90. The van der Waals surface area contributed by atoms with Gasteiger partial charge in [0.05, 0.1) is 18.7 Å². The van der Waals surface area contributed by atoms with E-state index in [1.165, 1.54) is 6.07 Å². The van der Waals surface area contributed by atoms with E-state index in [4.69, 9.17) is 10.5 Å². The molecule has 1 heterocycles. The van der Waals surface area contributed by atoms with Crippen molar-refractivity contribution in [1.82, 2.24) is 10.2 Å². The summed E-state index contributed by atoms with van der Waals surface area (Å²) in [4.78, 5) is 17.5. The van der Waals surface area contributed by atoms with E-state index in [2.05, 4.69) is 10.3 Å². The summed E-state index contributed by atoms with van der Waals surface area (Å²) in [6, 6.07) is 12.1. The Kier molecular flexibility index (Phi) is 8.69. The van der Waals surface area contributed by atoms with E-state index in [9.17, 15) is 18.0 Å². The van der Waals surface area contributed by atoms with Crippen LogP contribution in [0.3, 0.4) is 0 Å². The van der Waals surface area contributed by atoms with E-state index >= 15 is 0 Å². The number of hydrogen-bond acceptors (Lipinski definition) is 3. The maximum atomic E-state index is 13.0. The third kappa shape index (κ3) is 6.57. The van der Waals surface area contributed by atoms with Crippen LogP contribution in [0.4, 0.5) is 13.2 Å². The molecule has 1 fully saturated rings. The Morgan fingerprint density at radius 2 is 2.00 bits per heavy atom. The van der Waals surface area contributed by atoms with Crippen molar-refractivity contribution in [2.24, 2.45) is 10.7 Å². The molecule has 6 nitrogen and oxygen atoms in total. The third-order valence-electron chi connectivity index (χ3n) is 4.83. The van der Waals surface area contributed by atoms with Gasteiger partial charge < -0.3 is 20.7 Å². The van der Waals surface area contributed by atoms with Gasteiger partial charge in [0, 0.05) is 25.7 Å². The van der Waals surface area contributed by atoms with Crippen molar-refractivity contribution in [2.75, 3.05) is 26.7 Å². The average Bonchev–Trinajstić information content (AvgIpc) is 2.74. The Hall–Kier alpha value is -2.34. The van der Waals surface area contributed by atoms with E-state index in [1.807, 2.05) is 11.0 Å². The minimum atomic E-state index is -4.40. The summed E-state index contributed by atoms with van der Waals surface area (Å²) in [5.74, 6) is 0.0955. The minimum Gasteiger partial charge on any atom is -0.370 e. The number of nitrogens with one attached hydrogen (secondary N) is 1. The number of aliphatic imine (C=N–C) groups is 1. The second kappa shape index (κ2) is 10.8. The van der Waals surface area contributed by atoms with Crippen LogP contribution in [0.5, 0.6) is 0 Å². The van der Waals surface area contributed by atoms with Crippen LogP contribution in [0.1, 0.15) is 33.2 Å². The minimum absolute atomic E-state index is 0. The van der Waals surface area contributed by atoms with Gasteiger partial charge in [0.1, 0.15) is 6.10 Å². The lowest BCUT2D eigenvalue weighted by Crippen LogP contribution is -2.48. The Bertz CT molecular complexity index is 937. The molecule has 1 aliphatic rings. The molecule has 1 saturated heterocycles. The van der Waals surface area contributed by atoms with Crippen LogP contribution in [0.15, 0.2) is 53.5 Å². The van der Waals surface area contributed by atoms with Gasteiger partial charge in [-0.25, -0.2) is 0 Å². The van der Waals surface area contributed by atoms with Gasteiger partial charge in [-0.05, 0) is 35.4 Å². The molecule has 1 amide bonds. The highest BCUT2D eigenvalue weighted by Gasteiger charge is 2.32. The Labute approximate surface area is 195 Å². The molecule has 0 spiro atoms. The van der Waals surface area contributed by atoms with Crippen molar-refractivity contribution in [1.29, 1.82) is 0 Å². The fraction of sp³-hybridized carbons (Fsp3) is 0.333. The predicted molar refractivity (Wildman–Crippen MR) is 122 cm³/mol. The van der Waals surface area contributed by atoms with Crippen LogP contribution >= 0.6 is 24.0 Å². The number of alkyl halides is 3. The van der Waals surface area contributed by atoms with Crippen LogP contribution in [-0.4, -0.2) is 43.5 Å². The number of primary amides is 1. The largest absolute Gasteiger partial charge is 0.416 e. The Balaban J connectivity index is 0.00000341. The molecule has 10 heteroatoms. The standard InChI is InChI=1S/C21H23F3N4O2.HI/c1-26-20(27-12-14-4-2-6-16(10-14)19(25)29)28-8-9-30-18(13-28)15-5-3-7-17(11-15)21(22,23)24;/h2-7,10-11,18H,8-9,12-13H2,1H3,(H2,25,29)(H,26,27);1H. The van der Waals surface area contributed by atoms with Crippen molar-refractivity contribution < 1.29 is 22.7 Å². The molecule has 1 unspecified atom stereocenters. The maximum Gasteiger partial charge on any atom is 0.416 e. The first-order valence-electron chi connectivity index (χ1n) is 9.41. The van der Waals surface area contributed by atoms with Gasteiger partial charge in [0.25, 0.3) is 0 Å². The number of carbonyl (C=O) groups is 1. The number of amides is 1. The second-order valence-electron chi connectivity index (χ2n) is 6.89. The number of guanidine groups is 1. The molecule has 168 valence electrons. The van der Waals surface area contributed by atoms with Gasteiger partial charge in [-0.15, -0.1) is 24.0 Å². The number of morpholine rings is 1. The van der Waals surface area contributed by atoms with E-state index in [-0.39, 0.29) is 24.0 Å². The van der Waals surface area contributed by atoms with Crippen molar-refractivity contribution in [3.63, 3.8) is 0 Å². The quantitative estimate of drug-likeness (QED) is 0.348. The zero-order chi connectivity index (χ0) is 21.7. The van der Waals surface area contributed by atoms with Crippen LogP contribution in [0, 0.1) is 0 Å².